The topological polar surface area (TPSA) is 109 Å². The van der Waals surface area contributed by atoms with Crippen LogP contribution in [-0.4, -0.2) is 76.0 Å². The molecule has 8 nitrogen and oxygen atoms in total. The molecule has 0 bridgehead atoms. The molecule has 4 heterocycles. The minimum atomic E-state index is -0.568. The first-order valence-electron chi connectivity index (χ1n) is 16.8. The average molecular weight is 622 g/mol. The van der Waals surface area contributed by atoms with Crippen LogP contribution in [0.4, 0.5) is 0 Å². The number of nitrogens with zero attached hydrogens (tertiary/aromatic N) is 2. The Morgan fingerprint density at radius 2 is 1.80 bits per heavy atom. The van der Waals surface area contributed by atoms with Crippen molar-refractivity contribution >= 4 is 16.9 Å². The molecule has 9 rings (SSSR count). The number of hydrogen-bond donors (Lipinski definition) is 4. The van der Waals surface area contributed by atoms with Gasteiger partial charge in [0.25, 0.3) is 0 Å². The van der Waals surface area contributed by atoms with E-state index in [9.17, 15) is 20.1 Å². The SMILES string of the molecule is CN1CCc2cccc3c2[C@H]1Cc1ccc(O)c(O)c1-3.COC(=O)[C@@H]1[C@H]2C[C@H]3c4[nH]c5ccccc5c4CCN3C[C@@H]2CC[C@@H]1O. The standard InChI is InChI=1S/C21H26N2O3.C17H17NO2/c1-26-21(25)19-15-10-17-20-14(13-4-2-3-5-16(13)22-20)8-9-23(17)11-12(15)6-7-18(19)24;1-18-8-7-10-3-2-4-12-15(10)13(18)9-11-5-6-14(19)17(20)16(11)12/h2-5,12,15,17-19,22,24H,6-11H2,1H3;2-6,13,19-20H,7-9H2,1H3/t12-,15-,17-,18-,19+;13-/m01/s1. The van der Waals surface area contributed by atoms with Crippen LogP contribution in [-0.2, 0) is 28.8 Å². The van der Waals surface area contributed by atoms with Crippen molar-refractivity contribution in [3.8, 4) is 22.6 Å². The number of aromatic hydroxyl groups is 2. The number of H-pyrrole nitrogens is 1. The number of aromatic amines is 1. The number of aliphatic hydroxyl groups is 1. The Morgan fingerprint density at radius 3 is 2.65 bits per heavy atom. The van der Waals surface area contributed by atoms with E-state index in [1.54, 1.807) is 6.07 Å². The van der Waals surface area contributed by atoms with Crippen LogP contribution in [0.2, 0.25) is 0 Å². The highest BCUT2D eigenvalue weighted by atomic mass is 16.5. The monoisotopic (exact) mass is 621 g/mol. The lowest BCUT2D eigenvalue weighted by atomic mass is 9.65. The maximum Gasteiger partial charge on any atom is 0.311 e. The molecule has 5 aliphatic rings. The smallest absolute Gasteiger partial charge is 0.311 e. The summed E-state index contributed by atoms with van der Waals surface area (Å²) >= 11 is 0. The van der Waals surface area contributed by atoms with Crippen LogP contribution in [0.5, 0.6) is 11.5 Å². The van der Waals surface area contributed by atoms with Gasteiger partial charge >= 0.3 is 5.97 Å². The summed E-state index contributed by atoms with van der Waals surface area (Å²) in [4.78, 5) is 21.0. The number of piperidine rings is 1. The molecule has 4 N–H and O–H groups in total. The molecule has 6 atom stereocenters. The number of para-hydroxylation sites is 1. The van der Waals surface area contributed by atoms with Crippen LogP contribution < -0.4 is 0 Å². The van der Waals surface area contributed by atoms with Gasteiger partial charge in [0, 0.05) is 47.8 Å². The van der Waals surface area contributed by atoms with Crippen LogP contribution >= 0.6 is 0 Å². The number of rotatable bonds is 1. The Balaban J connectivity index is 0.000000140. The first kappa shape index (κ1) is 29.5. The zero-order valence-corrected chi connectivity index (χ0v) is 26.6. The fraction of sp³-hybridized carbons (Fsp3) is 0.447. The van der Waals surface area contributed by atoms with Crippen LogP contribution in [0.25, 0.3) is 22.0 Å². The van der Waals surface area contributed by atoms with Crippen molar-refractivity contribution in [3.05, 3.63) is 82.5 Å². The number of esters is 1. The van der Waals surface area contributed by atoms with Crippen LogP contribution in [0.1, 0.15) is 59.3 Å². The molecule has 0 radical (unpaired) electrons. The lowest BCUT2D eigenvalue weighted by molar-refractivity contribution is -0.160. The molecule has 0 amide bonds. The highest BCUT2D eigenvalue weighted by molar-refractivity contribution is 5.85. The maximum atomic E-state index is 12.4. The Labute approximate surface area is 269 Å². The highest BCUT2D eigenvalue weighted by Crippen LogP contribution is 2.51. The van der Waals surface area contributed by atoms with E-state index in [4.69, 9.17) is 4.74 Å². The van der Waals surface area contributed by atoms with E-state index in [0.717, 1.165) is 68.4 Å². The van der Waals surface area contributed by atoms with Crippen molar-refractivity contribution in [3.63, 3.8) is 0 Å². The van der Waals surface area contributed by atoms with E-state index in [0.29, 0.717) is 24.4 Å². The largest absolute Gasteiger partial charge is 0.504 e. The second kappa shape index (κ2) is 11.4. The van der Waals surface area contributed by atoms with E-state index >= 15 is 0 Å². The van der Waals surface area contributed by atoms with Crippen LogP contribution in [0.3, 0.4) is 0 Å². The lowest BCUT2D eigenvalue weighted by Gasteiger charge is -2.50. The number of aromatic nitrogens is 1. The molecular formula is C38H43N3O5. The number of carbonyl (C=O) groups is 1. The number of nitrogens with one attached hydrogen (secondary N) is 1. The number of phenols is 2. The molecule has 3 aromatic carbocycles. The first-order chi connectivity index (χ1) is 22.3. The van der Waals surface area contributed by atoms with Crippen molar-refractivity contribution in [2.45, 2.75) is 56.7 Å². The summed E-state index contributed by atoms with van der Waals surface area (Å²) in [5.74, 6) is 0.0324. The summed E-state index contributed by atoms with van der Waals surface area (Å²) in [5, 5.41) is 31.9. The molecule has 2 fully saturated rings. The predicted molar refractivity (Wildman–Crippen MR) is 177 cm³/mol. The van der Waals surface area contributed by atoms with Gasteiger partial charge in [-0.1, -0.05) is 42.5 Å². The Bertz CT molecular complexity index is 1820. The van der Waals surface area contributed by atoms with Gasteiger partial charge < -0.3 is 25.0 Å². The second-order valence-corrected chi connectivity index (χ2v) is 14.0. The van der Waals surface area contributed by atoms with Gasteiger partial charge in [-0.3, -0.25) is 14.6 Å². The molecule has 2 aliphatic carbocycles. The Hall–Kier alpha value is -3.85. The van der Waals surface area contributed by atoms with Crippen molar-refractivity contribution in [2.24, 2.45) is 17.8 Å². The van der Waals surface area contributed by atoms with Gasteiger partial charge in [0.15, 0.2) is 11.5 Å². The quantitative estimate of drug-likeness (QED) is 0.164. The fourth-order valence-corrected chi connectivity index (χ4v) is 9.48. The number of fused-ring (bicyclic) bond motifs is 8. The minimum absolute atomic E-state index is 0.0163. The lowest BCUT2D eigenvalue weighted by Crippen LogP contribution is -2.53. The average Bonchev–Trinajstić information content (AvgIpc) is 3.46. The van der Waals surface area contributed by atoms with E-state index < -0.39 is 6.10 Å². The number of ether oxygens (including phenoxy) is 1. The molecule has 4 aromatic rings. The number of aliphatic hydroxyl groups excluding tert-OH is 1. The number of likely N-dealkylation sites (N-methyl/N-ethyl adjacent to an activating group) is 1. The summed E-state index contributed by atoms with van der Waals surface area (Å²) in [5.41, 5.74) is 9.67. The third-order valence-corrected chi connectivity index (χ3v) is 11.7. The summed E-state index contributed by atoms with van der Waals surface area (Å²) in [6.45, 7) is 3.17. The molecule has 1 saturated carbocycles. The Kier molecular flexibility index (Phi) is 7.35. The summed E-state index contributed by atoms with van der Waals surface area (Å²) < 4.78 is 5.04. The summed E-state index contributed by atoms with van der Waals surface area (Å²) in [7, 11) is 3.60. The number of hydrogen-bond acceptors (Lipinski definition) is 7. The fourth-order valence-electron chi connectivity index (χ4n) is 9.48. The normalized spacial score (nSPS) is 28.1. The highest BCUT2D eigenvalue weighted by Gasteiger charge is 2.49. The minimum Gasteiger partial charge on any atom is -0.504 e. The van der Waals surface area contributed by atoms with Crippen LogP contribution in [0.15, 0.2) is 54.6 Å². The molecule has 1 aromatic heterocycles. The molecule has 8 heteroatoms. The third-order valence-electron chi connectivity index (χ3n) is 11.7. The number of carbonyl (C=O) groups excluding carboxylic acids is 1. The molecule has 0 unspecified atom stereocenters. The molecular weight excluding hydrogens is 578 g/mol. The van der Waals surface area contributed by atoms with E-state index in [2.05, 4.69) is 64.3 Å². The Morgan fingerprint density at radius 1 is 0.957 bits per heavy atom. The van der Waals surface area contributed by atoms with Gasteiger partial charge in [0.05, 0.1) is 25.2 Å². The van der Waals surface area contributed by atoms with E-state index in [1.807, 2.05) is 6.07 Å². The van der Waals surface area contributed by atoms with Crippen molar-refractivity contribution < 1.29 is 24.9 Å². The van der Waals surface area contributed by atoms with Crippen molar-refractivity contribution in [1.82, 2.24) is 14.8 Å². The van der Waals surface area contributed by atoms with Gasteiger partial charge in [-0.2, -0.15) is 0 Å². The second-order valence-electron chi connectivity index (χ2n) is 14.0. The zero-order valence-electron chi connectivity index (χ0n) is 26.6. The van der Waals surface area contributed by atoms with Gasteiger partial charge in [-0.05, 0) is 97.4 Å². The summed E-state index contributed by atoms with van der Waals surface area (Å²) in [6.07, 6.45) is 5.08. The number of methoxy groups -OCH3 is 1. The van der Waals surface area contributed by atoms with Gasteiger partial charge in [0.1, 0.15) is 0 Å². The van der Waals surface area contributed by atoms with E-state index in [1.165, 1.54) is 40.4 Å². The number of phenolic OH excluding ortho intramolecular Hbond substituents is 2. The molecule has 0 spiro atoms. The molecule has 46 heavy (non-hydrogen) atoms. The zero-order chi connectivity index (χ0) is 31.7. The number of benzene rings is 3. The van der Waals surface area contributed by atoms with E-state index in [-0.39, 0.29) is 29.3 Å². The molecule has 240 valence electrons. The van der Waals surface area contributed by atoms with Crippen molar-refractivity contribution in [1.29, 1.82) is 0 Å². The molecule has 3 aliphatic heterocycles. The van der Waals surface area contributed by atoms with Gasteiger partial charge in [0.2, 0.25) is 0 Å². The maximum absolute atomic E-state index is 12.4. The van der Waals surface area contributed by atoms with Gasteiger partial charge in [-0.15, -0.1) is 0 Å². The summed E-state index contributed by atoms with van der Waals surface area (Å²) in [6, 6.07) is 19.0. The van der Waals surface area contributed by atoms with Crippen LogP contribution in [0, 0.1) is 17.8 Å². The molecule has 1 saturated heterocycles. The first-order valence-corrected chi connectivity index (χ1v) is 16.8. The predicted octanol–water partition coefficient (Wildman–Crippen LogP) is 5.50. The third kappa shape index (κ3) is 4.64. The van der Waals surface area contributed by atoms with Crippen molar-refractivity contribution in [2.75, 3.05) is 33.8 Å². The van der Waals surface area contributed by atoms with Gasteiger partial charge in [-0.25, -0.2) is 0 Å².